The van der Waals surface area contributed by atoms with Gasteiger partial charge in [-0.1, -0.05) is 11.6 Å². The molecule has 4 heteroatoms. The number of allylic oxidation sites excluding steroid dienone is 1. The number of thiophene rings is 1. The predicted octanol–water partition coefficient (Wildman–Crippen LogP) is 5.60. The number of hydrogen-bond donors (Lipinski definition) is 0. The van der Waals surface area contributed by atoms with E-state index in [9.17, 15) is 4.39 Å². The Labute approximate surface area is 147 Å². The van der Waals surface area contributed by atoms with E-state index in [1.54, 1.807) is 34.6 Å². The second-order valence-corrected chi connectivity index (χ2v) is 8.21. The lowest BCUT2D eigenvalue weighted by Gasteiger charge is -2.28. The minimum Gasteiger partial charge on any atom is -0.305 e. The zero-order valence-corrected chi connectivity index (χ0v) is 15.3. The summed E-state index contributed by atoms with van der Waals surface area (Å²) in [5, 5.41) is 1.18. The topological polar surface area (TPSA) is 3.24 Å². The SMILES string of the molecule is CN(C)CC1=C(c2cc3ccc(F)cc3s2)C2CCC(C1)C2.Cl. The van der Waals surface area contributed by atoms with Crippen molar-refractivity contribution in [1.29, 1.82) is 0 Å². The van der Waals surface area contributed by atoms with Crippen molar-refractivity contribution in [3.63, 3.8) is 0 Å². The Bertz CT molecular complexity index is 749. The number of halogens is 2. The number of rotatable bonds is 3. The van der Waals surface area contributed by atoms with E-state index in [0.717, 1.165) is 23.1 Å². The van der Waals surface area contributed by atoms with Gasteiger partial charge in [-0.2, -0.15) is 0 Å². The molecule has 0 aliphatic heterocycles. The molecular formula is C19H23ClFNS. The number of likely N-dealkylation sites (N-methyl/N-ethyl adjacent to an activating group) is 1. The first-order valence-electron chi connectivity index (χ1n) is 8.16. The molecule has 0 radical (unpaired) electrons. The normalized spacial score (nSPS) is 23.7. The van der Waals surface area contributed by atoms with Crippen LogP contribution in [0.25, 0.3) is 15.7 Å². The third kappa shape index (κ3) is 3.19. The third-order valence-corrected chi connectivity index (χ3v) is 6.25. The summed E-state index contributed by atoms with van der Waals surface area (Å²) in [6, 6.07) is 7.44. The number of fused-ring (bicyclic) bond motifs is 3. The summed E-state index contributed by atoms with van der Waals surface area (Å²) in [6.07, 6.45) is 5.33. The minimum absolute atomic E-state index is 0. The van der Waals surface area contributed by atoms with Crippen LogP contribution < -0.4 is 0 Å². The van der Waals surface area contributed by atoms with Crippen molar-refractivity contribution in [2.45, 2.75) is 25.7 Å². The highest BCUT2D eigenvalue weighted by molar-refractivity contribution is 7.20. The summed E-state index contributed by atoms with van der Waals surface area (Å²) in [6.45, 7) is 1.06. The van der Waals surface area contributed by atoms with Crippen molar-refractivity contribution in [3.8, 4) is 0 Å². The molecule has 2 bridgehead atoms. The van der Waals surface area contributed by atoms with E-state index < -0.39 is 0 Å². The van der Waals surface area contributed by atoms with Crippen LogP contribution in [0.2, 0.25) is 0 Å². The molecule has 4 rings (SSSR count). The zero-order valence-electron chi connectivity index (χ0n) is 13.6. The van der Waals surface area contributed by atoms with Crippen LogP contribution in [0.5, 0.6) is 0 Å². The van der Waals surface area contributed by atoms with Crippen LogP contribution in [0.4, 0.5) is 4.39 Å². The lowest BCUT2D eigenvalue weighted by Crippen LogP contribution is -2.21. The smallest absolute Gasteiger partial charge is 0.124 e. The maximum atomic E-state index is 13.5. The molecule has 1 saturated carbocycles. The van der Waals surface area contributed by atoms with Gasteiger partial charge in [0.2, 0.25) is 0 Å². The van der Waals surface area contributed by atoms with E-state index in [4.69, 9.17) is 0 Å². The molecule has 2 unspecified atom stereocenters. The first-order valence-corrected chi connectivity index (χ1v) is 8.98. The molecule has 0 spiro atoms. The van der Waals surface area contributed by atoms with Crippen LogP contribution in [0.1, 0.15) is 30.6 Å². The Morgan fingerprint density at radius 1 is 1.22 bits per heavy atom. The Morgan fingerprint density at radius 3 is 2.83 bits per heavy atom. The lowest BCUT2D eigenvalue weighted by molar-refractivity contribution is 0.413. The quantitative estimate of drug-likeness (QED) is 0.696. The van der Waals surface area contributed by atoms with Crippen LogP contribution in [-0.4, -0.2) is 25.5 Å². The Hall–Kier alpha value is -0.900. The first kappa shape index (κ1) is 16.9. The molecule has 2 aliphatic carbocycles. The molecule has 2 atom stereocenters. The van der Waals surface area contributed by atoms with Gasteiger partial charge < -0.3 is 4.90 Å². The summed E-state index contributed by atoms with van der Waals surface area (Å²) in [5.74, 6) is 1.50. The van der Waals surface area contributed by atoms with E-state index in [1.807, 2.05) is 6.07 Å². The van der Waals surface area contributed by atoms with Crippen LogP contribution in [0.15, 0.2) is 29.8 Å². The summed E-state index contributed by atoms with van der Waals surface area (Å²) < 4.78 is 14.6. The molecule has 1 aromatic carbocycles. The van der Waals surface area contributed by atoms with Gasteiger partial charge in [-0.05, 0) is 80.8 Å². The van der Waals surface area contributed by atoms with Gasteiger partial charge in [-0.25, -0.2) is 4.39 Å². The highest BCUT2D eigenvalue weighted by atomic mass is 35.5. The fourth-order valence-corrected chi connectivity index (χ4v) is 5.57. The maximum absolute atomic E-state index is 13.5. The molecule has 1 aromatic heterocycles. The highest BCUT2D eigenvalue weighted by Crippen LogP contribution is 2.50. The molecule has 124 valence electrons. The first-order chi connectivity index (χ1) is 10.6. The minimum atomic E-state index is -0.132. The Morgan fingerprint density at radius 2 is 2.04 bits per heavy atom. The van der Waals surface area contributed by atoms with Crippen LogP contribution in [0, 0.1) is 17.7 Å². The largest absolute Gasteiger partial charge is 0.305 e. The number of hydrogen-bond acceptors (Lipinski definition) is 2. The average molecular weight is 352 g/mol. The van der Waals surface area contributed by atoms with Gasteiger partial charge in [0.15, 0.2) is 0 Å². The molecule has 23 heavy (non-hydrogen) atoms. The summed E-state index contributed by atoms with van der Waals surface area (Å²) >= 11 is 1.77. The van der Waals surface area contributed by atoms with Gasteiger partial charge in [0.25, 0.3) is 0 Å². The monoisotopic (exact) mass is 351 g/mol. The second kappa shape index (κ2) is 6.54. The van der Waals surface area contributed by atoms with Gasteiger partial charge >= 0.3 is 0 Å². The van der Waals surface area contributed by atoms with Crippen molar-refractivity contribution in [1.82, 2.24) is 4.90 Å². The van der Waals surface area contributed by atoms with Crippen LogP contribution >= 0.6 is 23.7 Å². The van der Waals surface area contributed by atoms with Crippen molar-refractivity contribution >= 4 is 39.4 Å². The summed E-state index contributed by atoms with van der Waals surface area (Å²) in [4.78, 5) is 3.66. The van der Waals surface area contributed by atoms with Crippen molar-refractivity contribution in [2.75, 3.05) is 20.6 Å². The van der Waals surface area contributed by atoms with Crippen LogP contribution in [0.3, 0.4) is 0 Å². The zero-order chi connectivity index (χ0) is 15.3. The molecule has 2 aromatic rings. The maximum Gasteiger partial charge on any atom is 0.124 e. The van der Waals surface area contributed by atoms with Gasteiger partial charge in [0.05, 0.1) is 0 Å². The number of benzene rings is 1. The highest BCUT2D eigenvalue weighted by Gasteiger charge is 2.35. The molecule has 0 N–H and O–H groups in total. The molecule has 1 heterocycles. The Kier molecular flexibility index (Phi) is 4.82. The van der Waals surface area contributed by atoms with E-state index >= 15 is 0 Å². The molecular weight excluding hydrogens is 329 g/mol. The van der Waals surface area contributed by atoms with E-state index in [1.165, 1.54) is 35.9 Å². The molecule has 1 fully saturated rings. The fourth-order valence-electron chi connectivity index (χ4n) is 4.31. The van der Waals surface area contributed by atoms with E-state index in [2.05, 4.69) is 25.1 Å². The van der Waals surface area contributed by atoms with Crippen molar-refractivity contribution in [3.05, 3.63) is 40.5 Å². The standard InChI is InChI=1S/C19H22FNS.ClH/c1-21(2)11-15-8-12-3-4-14(7-12)19(15)18-9-13-5-6-16(20)10-17(13)22-18;/h5-6,9-10,12,14H,3-4,7-8,11H2,1-2H3;1H. The van der Waals surface area contributed by atoms with Gasteiger partial charge in [0, 0.05) is 16.1 Å². The molecule has 1 nitrogen and oxygen atoms in total. The molecule has 0 amide bonds. The summed E-state index contributed by atoms with van der Waals surface area (Å²) in [7, 11) is 4.31. The van der Waals surface area contributed by atoms with E-state index in [0.29, 0.717) is 0 Å². The predicted molar refractivity (Wildman–Crippen MR) is 100.0 cm³/mol. The van der Waals surface area contributed by atoms with Crippen molar-refractivity contribution < 1.29 is 4.39 Å². The van der Waals surface area contributed by atoms with Crippen molar-refractivity contribution in [2.24, 2.45) is 11.8 Å². The molecule has 0 saturated heterocycles. The second-order valence-electron chi connectivity index (χ2n) is 7.13. The van der Waals surface area contributed by atoms with E-state index in [-0.39, 0.29) is 18.2 Å². The third-order valence-electron chi connectivity index (χ3n) is 5.12. The van der Waals surface area contributed by atoms with Crippen LogP contribution in [-0.2, 0) is 0 Å². The molecule has 2 aliphatic rings. The Balaban J connectivity index is 0.00000156. The van der Waals surface area contributed by atoms with Gasteiger partial charge in [-0.3, -0.25) is 0 Å². The number of nitrogens with zero attached hydrogens (tertiary/aromatic N) is 1. The fraction of sp³-hybridized carbons (Fsp3) is 0.474. The lowest BCUT2D eigenvalue weighted by atomic mass is 9.82. The van der Waals surface area contributed by atoms with Gasteiger partial charge in [0.1, 0.15) is 5.82 Å². The average Bonchev–Trinajstić information content (AvgIpc) is 3.02. The van der Waals surface area contributed by atoms with Gasteiger partial charge in [-0.15, -0.1) is 23.7 Å². The summed E-state index contributed by atoms with van der Waals surface area (Å²) in [5.41, 5.74) is 3.21.